The Morgan fingerprint density at radius 3 is 2.62 bits per heavy atom. The summed E-state index contributed by atoms with van der Waals surface area (Å²) in [6.07, 6.45) is -0.158. The average molecular weight is 488 g/mol. The molecule has 2 aliphatic rings. The molecule has 1 amide bonds. The van der Waals surface area contributed by atoms with Crippen LogP contribution in [0.4, 0.5) is 9.18 Å². The summed E-state index contributed by atoms with van der Waals surface area (Å²) < 4.78 is 38.5. The summed E-state index contributed by atoms with van der Waals surface area (Å²) in [6.45, 7) is 10.9. The number of carbonyl (C=O) groups is 1. The first-order chi connectivity index (χ1) is 13.2. The third-order valence-electron chi connectivity index (χ3n) is 5.43. The molecule has 6 nitrogen and oxygen atoms in total. The fourth-order valence-electron chi connectivity index (χ4n) is 3.94. The number of carbonyl (C=O) groups excluding carboxylic acids is 1. The van der Waals surface area contributed by atoms with E-state index in [0.717, 1.165) is 0 Å². The van der Waals surface area contributed by atoms with Crippen molar-refractivity contribution in [1.29, 1.82) is 0 Å². The Kier molecular flexibility index (Phi) is 5.39. The minimum atomic E-state index is -2.86. The highest BCUT2D eigenvalue weighted by molar-refractivity contribution is 9.10. The van der Waals surface area contributed by atoms with Gasteiger partial charge in [-0.2, -0.15) is 0 Å². The first-order valence-electron chi connectivity index (χ1n) is 9.48. The van der Waals surface area contributed by atoms with E-state index in [2.05, 4.69) is 25.6 Å². The van der Waals surface area contributed by atoms with Crippen molar-refractivity contribution in [3.8, 4) is 0 Å². The van der Waals surface area contributed by atoms with Crippen molar-refractivity contribution >= 4 is 37.6 Å². The highest BCUT2D eigenvalue weighted by Gasteiger charge is 2.57. The lowest BCUT2D eigenvalue weighted by Gasteiger charge is -2.45. The number of fused-ring (bicyclic) bond motifs is 1. The Morgan fingerprint density at radius 2 is 2.00 bits per heavy atom. The largest absolute Gasteiger partial charge is 0.444 e. The summed E-state index contributed by atoms with van der Waals surface area (Å²) in [4.78, 5) is 17.3. The fraction of sp³-hybridized carbons (Fsp3) is 0.600. The Labute approximate surface area is 180 Å². The van der Waals surface area contributed by atoms with E-state index < -0.39 is 42.8 Å². The second-order valence-electron chi connectivity index (χ2n) is 9.07. The van der Waals surface area contributed by atoms with Crippen LogP contribution in [0, 0.1) is 5.82 Å². The molecular weight excluding hydrogens is 461 g/mol. The van der Waals surface area contributed by atoms with Gasteiger partial charge in [-0.25, -0.2) is 17.8 Å². The molecule has 2 aliphatic heterocycles. The Morgan fingerprint density at radius 1 is 1.34 bits per heavy atom. The summed E-state index contributed by atoms with van der Waals surface area (Å²) in [5, 5.41) is 2.20. The van der Waals surface area contributed by atoms with E-state index in [9.17, 15) is 13.4 Å². The molecule has 29 heavy (non-hydrogen) atoms. The molecule has 2 heterocycles. The summed E-state index contributed by atoms with van der Waals surface area (Å²) in [5.41, 5.74) is -1.53. The van der Waals surface area contributed by atoms with E-state index in [1.807, 2.05) is 0 Å². The van der Waals surface area contributed by atoms with Gasteiger partial charge >= 0.3 is 6.09 Å². The summed E-state index contributed by atoms with van der Waals surface area (Å²) >= 11 is 3.38. The van der Waals surface area contributed by atoms with Gasteiger partial charge in [0.15, 0.2) is 0 Å². The number of halogens is 2. The number of hydrogen-bond acceptors (Lipinski definition) is 5. The van der Waals surface area contributed by atoms with E-state index in [-0.39, 0.29) is 5.84 Å². The molecule has 1 unspecified atom stereocenters. The molecule has 3 atom stereocenters. The molecule has 0 radical (unpaired) electrons. The second-order valence-corrected chi connectivity index (χ2v) is 13.0. The van der Waals surface area contributed by atoms with Crippen molar-refractivity contribution in [2.45, 2.75) is 69.1 Å². The maximum Gasteiger partial charge on any atom is 0.413 e. The predicted molar refractivity (Wildman–Crippen MR) is 116 cm³/mol. The smallest absolute Gasteiger partial charge is 0.413 e. The van der Waals surface area contributed by atoms with Gasteiger partial charge in [-0.15, -0.1) is 0 Å². The number of nitrogens with zero attached hydrogens (tertiary/aromatic N) is 2. The standard InChI is InChI=1S/C20H27BrFN3O3S/c1-18(2,3)28-17(26)24-16-19(4,5)29(27)15(9-10-23-29)20(6,25-16)13-11-12(21)7-8-14(13)22/h7-8,11,15H,9-10H2,1-6H3,(H,24,25,26)/t15-,20+,29?/m0/s1. The van der Waals surface area contributed by atoms with Gasteiger partial charge in [0.2, 0.25) is 0 Å². The summed E-state index contributed by atoms with van der Waals surface area (Å²) in [7, 11) is -2.86. The summed E-state index contributed by atoms with van der Waals surface area (Å²) in [6, 6.07) is 4.62. The number of nitrogens with one attached hydrogen (secondary N) is 1. The molecule has 0 saturated heterocycles. The van der Waals surface area contributed by atoms with Crippen molar-refractivity contribution in [2.75, 3.05) is 6.54 Å². The number of benzene rings is 1. The van der Waals surface area contributed by atoms with Gasteiger partial charge in [-0.05, 0) is 66.2 Å². The van der Waals surface area contributed by atoms with Crippen LogP contribution in [0.2, 0.25) is 0 Å². The minimum absolute atomic E-state index is 0.195. The van der Waals surface area contributed by atoms with Crippen LogP contribution in [-0.2, 0) is 20.0 Å². The molecule has 1 aromatic rings. The Bertz CT molecular complexity index is 1010. The number of amides is 1. The number of ether oxygens (including phenoxy) is 1. The number of aliphatic imine (C=N–C) groups is 1. The molecule has 0 bridgehead atoms. The van der Waals surface area contributed by atoms with E-state index in [1.54, 1.807) is 53.7 Å². The van der Waals surface area contributed by atoms with Crippen molar-refractivity contribution in [3.05, 3.63) is 34.1 Å². The third-order valence-corrected chi connectivity index (χ3v) is 9.61. The number of alkyl carbamates (subject to hydrolysis) is 1. The van der Waals surface area contributed by atoms with Crippen LogP contribution in [0.3, 0.4) is 0 Å². The molecule has 0 aromatic heterocycles. The van der Waals surface area contributed by atoms with E-state index in [1.165, 1.54) is 6.07 Å². The van der Waals surface area contributed by atoms with Crippen LogP contribution in [0.15, 0.2) is 32.0 Å². The van der Waals surface area contributed by atoms with Crippen molar-refractivity contribution < 1.29 is 18.1 Å². The van der Waals surface area contributed by atoms with Gasteiger partial charge in [0.05, 0.1) is 15.0 Å². The number of rotatable bonds is 1. The Hall–Kier alpha value is -1.48. The lowest BCUT2D eigenvalue weighted by molar-refractivity contribution is 0.0560. The molecule has 0 spiro atoms. The highest BCUT2D eigenvalue weighted by Crippen LogP contribution is 2.48. The maximum absolute atomic E-state index is 14.9. The molecule has 1 aromatic carbocycles. The topological polar surface area (TPSA) is 80.1 Å². The van der Waals surface area contributed by atoms with Crippen LogP contribution in [0.1, 0.15) is 53.5 Å². The molecule has 1 N–H and O–H groups in total. The number of hydrogen-bond donors (Lipinski definition) is 1. The van der Waals surface area contributed by atoms with Crippen molar-refractivity contribution in [3.63, 3.8) is 0 Å². The highest BCUT2D eigenvalue weighted by atomic mass is 79.9. The quantitative estimate of drug-likeness (QED) is 0.619. The zero-order valence-corrected chi connectivity index (χ0v) is 19.9. The van der Waals surface area contributed by atoms with Crippen LogP contribution >= 0.6 is 15.9 Å². The third kappa shape index (κ3) is 3.71. The zero-order valence-electron chi connectivity index (χ0n) is 17.5. The maximum atomic E-state index is 14.9. The molecule has 0 saturated carbocycles. The van der Waals surface area contributed by atoms with Crippen LogP contribution in [0.5, 0.6) is 0 Å². The monoisotopic (exact) mass is 487 g/mol. The van der Waals surface area contributed by atoms with Crippen molar-refractivity contribution in [1.82, 2.24) is 5.32 Å². The normalized spacial score (nSPS) is 30.8. The first kappa shape index (κ1) is 22.2. The second kappa shape index (κ2) is 7.04. The predicted octanol–water partition coefficient (Wildman–Crippen LogP) is 4.76. The van der Waals surface area contributed by atoms with E-state index in [0.29, 0.717) is 23.0 Å². The van der Waals surface area contributed by atoms with Gasteiger partial charge in [-0.3, -0.25) is 10.3 Å². The first-order valence-corrected chi connectivity index (χ1v) is 11.8. The fourth-order valence-corrected chi connectivity index (χ4v) is 7.49. The van der Waals surface area contributed by atoms with Gasteiger partial charge < -0.3 is 4.74 Å². The van der Waals surface area contributed by atoms with Crippen LogP contribution in [-0.4, -0.2) is 38.3 Å². The van der Waals surface area contributed by atoms with Gasteiger partial charge in [0.25, 0.3) is 0 Å². The zero-order chi connectivity index (χ0) is 21.8. The molecule has 0 fully saturated rings. The van der Waals surface area contributed by atoms with E-state index >= 15 is 0 Å². The number of amidine groups is 1. The Balaban J connectivity index is 2.18. The van der Waals surface area contributed by atoms with Gasteiger partial charge in [0, 0.05) is 16.6 Å². The molecule has 9 heteroatoms. The lowest BCUT2D eigenvalue weighted by atomic mass is 9.86. The van der Waals surface area contributed by atoms with E-state index in [4.69, 9.17) is 9.73 Å². The van der Waals surface area contributed by atoms with Gasteiger partial charge in [0.1, 0.15) is 27.5 Å². The minimum Gasteiger partial charge on any atom is -0.444 e. The molecular formula is C20H27BrFN3O3S. The molecule has 160 valence electrons. The molecule has 3 rings (SSSR count). The van der Waals surface area contributed by atoms with Crippen LogP contribution < -0.4 is 5.32 Å². The van der Waals surface area contributed by atoms with Crippen LogP contribution in [0.25, 0.3) is 0 Å². The van der Waals surface area contributed by atoms with Crippen molar-refractivity contribution in [2.24, 2.45) is 9.36 Å². The van der Waals surface area contributed by atoms with Gasteiger partial charge in [-0.1, -0.05) is 15.9 Å². The average Bonchev–Trinajstić information content (AvgIpc) is 2.98. The SMILES string of the molecule is CC(C)(C)OC(=O)NC1=N[C@](C)(c2cc(Br)ccc2F)[C@@H]2CCN=S2(=O)C1(C)C. The summed E-state index contributed by atoms with van der Waals surface area (Å²) in [5.74, 6) is -0.245. The lowest BCUT2D eigenvalue weighted by Crippen LogP contribution is -2.60. The molecule has 0 aliphatic carbocycles.